The number of hydrogen-bond acceptors (Lipinski definition) is 0. The number of rotatable bonds is 0. The molecule has 1 radical (unpaired) electrons. The van der Waals surface area contributed by atoms with Crippen LogP contribution < -0.4 is 0 Å². The Morgan fingerprint density at radius 3 is 2.67 bits per heavy atom. The van der Waals surface area contributed by atoms with Crippen molar-refractivity contribution in [2.24, 2.45) is 0 Å². The molecule has 0 bridgehead atoms. The predicted octanol–water partition coefficient (Wildman–Crippen LogP) is 1.12. The quantitative estimate of drug-likeness (QED) is 0.499. The van der Waals surface area contributed by atoms with Gasteiger partial charge >= 0.3 is 48.2 Å². The molecule has 1 rings (SSSR count). The zero-order valence-corrected chi connectivity index (χ0v) is 6.23. The molecule has 0 spiro atoms. The Bertz CT molecular complexity index is 101. The third-order valence-corrected chi connectivity index (χ3v) is 3.21. The second-order valence-corrected chi connectivity index (χ2v) is 4.88. The van der Waals surface area contributed by atoms with Crippen LogP contribution in [0.25, 0.3) is 0 Å². The van der Waals surface area contributed by atoms with Gasteiger partial charge in [0.1, 0.15) is 0 Å². The summed E-state index contributed by atoms with van der Waals surface area (Å²) in [5, 5.41) is 0. The van der Waals surface area contributed by atoms with Crippen LogP contribution in [-0.4, -0.2) is 21.6 Å². The van der Waals surface area contributed by atoms with E-state index in [0.29, 0.717) is 0 Å². The third-order valence-electron chi connectivity index (χ3n) is 0.702. The summed E-state index contributed by atoms with van der Waals surface area (Å²) >= 11 is 0.0667. The van der Waals surface area contributed by atoms with Crippen molar-refractivity contribution in [1.29, 1.82) is 0 Å². The molecule has 0 aromatic heterocycles. The average molecular weight is 188 g/mol. The summed E-state index contributed by atoms with van der Waals surface area (Å²) in [5.41, 5.74) is 0. The molecule has 31 valence electrons. The molecule has 1 aliphatic heterocycles. The molecular formula is C5H6Sb. The predicted molar refractivity (Wildman–Crippen MR) is 28.7 cm³/mol. The van der Waals surface area contributed by atoms with Crippen LogP contribution in [0.4, 0.5) is 0 Å². The standard InChI is InChI=1S/C5H6.Sb/c1-3-5-4-2;/h1,3,5H,2H3;. The fraction of sp³-hybridized carbons (Fsp3) is 0.200. The van der Waals surface area contributed by atoms with Crippen LogP contribution in [0.1, 0.15) is 6.92 Å². The average Bonchev–Trinajstić information content (AvgIpc) is 1.86. The van der Waals surface area contributed by atoms with E-state index in [-0.39, 0.29) is 21.6 Å². The van der Waals surface area contributed by atoms with E-state index >= 15 is 0 Å². The summed E-state index contributed by atoms with van der Waals surface area (Å²) in [6, 6.07) is 0. The van der Waals surface area contributed by atoms with E-state index in [9.17, 15) is 0 Å². The Labute approximate surface area is 48.5 Å². The first-order valence-corrected chi connectivity index (χ1v) is 4.69. The molecule has 1 heterocycles. The second-order valence-electron chi connectivity index (χ2n) is 1.28. The molecule has 0 saturated carbocycles. The van der Waals surface area contributed by atoms with Crippen LogP contribution in [0.3, 0.4) is 0 Å². The van der Waals surface area contributed by atoms with Crippen LogP contribution in [0.5, 0.6) is 0 Å². The topological polar surface area (TPSA) is 0 Å². The molecule has 0 saturated heterocycles. The Kier molecular flexibility index (Phi) is 1.37. The SMILES string of the molecule is C[C]1=CC=[CH][Sb]1. The molecule has 0 amide bonds. The molecule has 0 fully saturated rings. The van der Waals surface area contributed by atoms with Crippen molar-refractivity contribution in [1.82, 2.24) is 0 Å². The van der Waals surface area contributed by atoms with Crippen molar-refractivity contribution in [2.75, 3.05) is 0 Å². The molecular weight excluding hydrogens is 182 g/mol. The zero-order valence-electron chi connectivity index (χ0n) is 3.68. The summed E-state index contributed by atoms with van der Waals surface area (Å²) in [6.07, 6.45) is 4.36. The van der Waals surface area contributed by atoms with E-state index in [1.165, 1.54) is 0 Å². The fourth-order valence-electron chi connectivity index (χ4n) is 0.386. The van der Waals surface area contributed by atoms with E-state index in [0.717, 1.165) is 0 Å². The Hall–Kier alpha value is 0.298. The van der Waals surface area contributed by atoms with Gasteiger partial charge in [-0.2, -0.15) is 0 Å². The molecule has 0 atom stereocenters. The number of hydrogen-bond donors (Lipinski definition) is 0. The van der Waals surface area contributed by atoms with Gasteiger partial charge in [0.2, 0.25) is 0 Å². The van der Waals surface area contributed by atoms with Gasteiger partial charge in [-0.3, -0.25) is 0 Å². The van der Waals surface area contributed by atoms with Crippen molar-refractivity contribution in [3.63, 3.8) is 0 Å². The molecule has 0 nitrogen and oxygen atoms in total. The molecule has 0 aromatic rings. The van der Waals surface area contributed by atoms with Crippen LogP contribution in [0, 0.1) is 0 Å². The van der Waals surface area contributed by atoms with Gasteiger partial charge in [-0.25, -0.2) is 0 Å². The molecule has 1 heteroatoms. The van der Waals surface area contributed by atoms with E-state index < -0.39 is 0 Å². The van der Waals surface area contributed by atoms with Crippen molar-refractivity contribution < 1.29 is 0 Å². The van der Waals surface area contributed by atoms with E-state index in [2.05, 4.69) is 23.1 Å². The Morgan fingerprint density at radius 1 is 1.67 bits per heavy atom. The first-order valence-electron chi connectivity index (χ1n) is 1.94. The van der Waals surface area contributed by atoms with Crippen molar-refractivity contribution in [3.8, 4) is 0 Å². The van der Waals surface area contributed by atoms with Gasteiger partial charge < -0.3 is 0 Å². The van der Waals surface area contributed by atoms with Crippen LogP contribution >= 0.6 is 0 Å². The summed E-state index contributed by atoms with van der Waals surface area (Å²) in [7, 11) is 0. The Morgan fingerprint density at radius 2 is 2.50 bits per heavy atom. The molecule has 1 aliphatic rings. The van der Waals surface area contributed by atoms with E-state index in [1.54, 1.807) is 3.52 Å². The summed E-state index contributed by atoms with van der Waals surface area (Å²) in [5.74, 6) is 0. The van der Waals surface area contributed by atoms with Crippen LogP contribution in [-0.2, 0) is 0 Å². The van der Waals surface area contributed by atoms with Gasteiger partial charge in [-0.05, 0) is 0 Å². The molecule has 6 heavy (non-hydrogen) atoms. The second kappa shape index (κ2) is 1.84. The third kappa shape index (κ3) is 0.878. The monoisotopic (exact) mass is 187 g/mol. The van der Waals surface area contributed by atoms with Crippen LogP contribution in [0.15, 0.2) is 19.7 Å². The van der Waals surface area contributed by atoms with Crippen molar-refractivity contribution in [3.05, 3.63) is 19.7 Å². The van der Waals surface area contributed by atoms with Gasteiger partial charge in [-0.1, -0.05) is 0 Å². The summed E-state index contributed by atoms with van der Waals surface area (Å²) in [6.45, 7) is 2.21. The molecule has 0 aromatic carbocycles. The van der Waals surface area contributed by atoms with Gasteiger partial charge in [0.15, 0.2) is 0 Å². The van der Waals surface area contributed by atoms with Gasteiger partial charge in [0, 0.05) is 0 Å². The maximum atomic E-state index is 2.31. The fourth-order valence-corrected chi connectivity index (χ4v) is 2.04. The maximum absolute atomic E-state index is 2.31. The van der Waals surface area contributed by atoms with E-state index in [4.69, 9.17) is 0 Å². The van der Waals surface area contributed by atoms with Crippen molar-refractivity contribution >= 4 is 21.6 Å². The molecule has 0 aliphatic carbocycles. The zero-order chi connectivity index (χ0) is 4.41. The Balaban J connectivity index is 2.61. The summed E-state index contributed by atoms with van der Waals surface area (Å²) < 4.78 is 3.93. The molecule has 0 unspecified atom stereocenters. The van der Waals surface area contributed by atoms with E-state index in [1.807, 2.05) is 0 Å². The van der Waals surface area contributed by atoms with Crippen LogP contribution in [0.2, 0.25) is 0 Å². The minimum absolute atomic E-state index is 0.0667. The van der Waals surface area contributed by atoms with Gasteiger partial charge in [0.05, 0.1) is 0 Å². The molecule has 0 N–H and O–H groups in total. The first kappa shape index (κ1) is 4.46. The normalized spacial score (nSPS) is 18.5. The van der Waals surface area contributed by atoms with Gasteiger partial charge in [-0.15, -0.1) is 0 Å². The van der Waals surface area contributed by atoms with Gasteiger partial charge in [0.25, 0.3) is 0 Å². The van der Waals surface area contributed by atoms with Crippen molar-refractivity contribution in [2.45, 2.75) is 6.92 Å². The first-order chi connectivity index (χ1) is 2.89. The number of allylic oxidation sites excluding steroid dienone is 3. The summed E-state index contributed by atoms with van der Waals surface area (Å²) in [4.78, 5) is 0. The minimum atomic E-state index is 0.0667.